The molecule has 0 saturated heterocycles. The minimum absolute atomic E-state index is 0.172. The summed E-state index contributed by atoms with van der Waals surface area (Å²) in [6.45, 7) is 0.172. The highest BCUT2D eigenvalue weighted by atomic mass is 79.9. The van der Waals surface area contributed by atoms with Crippen molar-refractivity contribution in [2.45, 2.75) is 44.4 Å². The first-order valence-electron chi connectivity index (χ1n) is 5.66. The van der Waals surface area contributed by atoms with Crippen molar-refractivity contribution >= 4 is 15.9 Å². The van der Waals surface area contributed by atoms with Crippen LogP contribution in [0.1, 0.15) is 49.5 Å². The fraction of sp³-hybridized carbons (Fsp3) is 0.727. The van der Waals surface area contributed by atoms with Gasteiger partial charge in [-0.25, -0.2) is 4.98 Å². The molecule has 1 aromatic heterocycles. The van der Waals surface area contributed by atoms with Gasteiger partial charge in [0.1, 0.15) is 10.4 Å². The van der Waals surface area contributed by atoms with E-state index in [0.29, 0.717) is 12.3 Å². The van der Waals surface area contributed by atoms with E-state index in [9.17, 15) is 0 Å². The van der Waals surface area contributed by atoms with E-state index in [4.69, 9.17) is 5.11 Å². The summed E-state index contributed by atoms with van der Waals surface area (Å²) >= 11 is 3.43. The summed E-state index contributed by atoms with van der Waals surface area (Å²) in [6, 6.07) is 0. The summed E-state index contributed by atoms with van der Waals surface area (Å²) in [4.78, 5) is 7.84. The maximum absolute atomic E-state index is 8.90. The van der Waals surface area contributed by atoms with Crippen molar-refractivity contribution in [3.63, 3.8) is 0 Å². The average molecular weight is 273 g/mol. The highest BCUT2D eigenvalue weighted by Crippen LogP contribution is 2.32. The smallest absolute Gasteiger partial charge is 0.127 e. The number of aliphatic hydroxyl groups is 1. The lowest BCUT2D eigenvalue weighted by atomic mass is 9.89. The number of hydrogen-bond donors (Lipinski definition) is 2. The predicted octanol–water partition coefficient (Wildman–Crippen LogP) is 2.75. The summed E-state index contributed by atoms with van der Waals surface area (Å²) in [5.41, 5.74) is 1.03. The van der Waals surface area contributed by atoms with Crippen molar-refractivity contribution in [3.8, 4) is 0 Å². The van der Waals surface area contributed by atoms with Crippen molar-refractivity contribution in [2.75, 3.05) is 6.61 Å². The van der Waals surface area contributed by atoms with Crippen LogP contribution in [0.4, 0.5) is 0 Å². The third-order valence-electron chi connectivity index (χ3n) is 3.10. The van der Waals surface area contributed by atoms with Gasteiger partial charge in [-0.15, -0.1) is 0 Å². The van der Waals surface area contributed by atoms with Crippen LogP contribution < -0.4 is 0 Å². The molecule has 1 saturated carbocycles. The minimum atomic E-state index is 0.172. The summed E-state index contributed by atoms with van der Waals surface area (Å²) in [6.07, 6.45) is 7.15. The average Bonchev–Trinajstić information content (AvgIpc) is 2.63. The van der Waals surface area contributed by atoms with Gasteiger partial charge in [0.25, 0.3) is 0 Å². The number of imidazole rings is 1. The van der Waals surface area contributed by atoms with Gasteiger partial charge in [-0.05, 0) is 28.8 Å². The van der Waals surface area contributed by atoms with Gasteiger partial charge in [0.15, 0.2) is 0 Å². The van der Waals surface area contributed by atoms with Crippen molar-refractivity contribution in [3.05, 3.63) is 16.1 Å². The van der Waals surface area contributed by atoms with Crippen LogP contribution >= 0.6 is 15.9 Å². The molecule has 3 nitrogen and oxygen atoms in total. The number of aliphatic hydroxyl groups excluding tert-OH is 1. The first kappa shape index (κ1) is 11.1. The molecule has 0 bridgehead atoms. The van der Waals surface area contributed by atoms with E-state index < -0.39 is 0 Å². The van der Waals surface area contributed by atoms with Crippen LogP contribution in [0.5, 0.6) is 0 Å². The lowest BCUT2D eigenvalue weighted by Gasteiger charge is -2.19. The van der Waals surface area contributed by atoms with E-state index in [2.05, 4.69) is 25.9 Å². The van der Waals surface area contributed by atoms with Gasteiger partial charge < -0.3 is 10.1 Å². The largest absolute Gasteiger partial charge is 0.396 e. The maximum atomic E-state index is 8.90. The Morgan fingerprint density at radius 2 is 2.07 bits per heavy atom. The SMILES string of the molecule is OCCc1[nH]c(C2CCCCC2)nc1Br. The molecule has 1 aromatic rings. The summed E-state index contributed by atoms with van der Waals surface area (Å²) in [5.74, 6) is 1.70. The van der Waals surface area contributed by atoms with Gasteiger partial charge in [-0.3, -0.25) is 0 Å². The van der Waals surface area contributed by atoms with Gasteiger partial charge in [0, 0.05) is 18.9 Å². The molecule has 15 heavy (non-hydrogen) atoms. The highest BCUT2D eigenvalue weighted by Gasteiger charge is 2.19. The van der Waals surface area contributed by atoms with Gasteiger partial charge in [-0.1, -0.05) is 19.3 Å². The monoisotopic (exact) mass is 272 g/mol. The molecule has 0 atom stereocenters. The van der Waals surface area contributed by atoms with Crippen LogP contribution in [0, 0.1) is 0 Å². The first-order valence-corrected chi connectivity index (χ1v) is 6.45. The van der Waals surface area contributed by atoms with Gasteiger partial charge in [0.05, 0.1) is 5.69 Å². The van der Waals surface area contributed by atoms with E-state index in [-0.39, 0.29) is 6.61 Å². The molecule has 0 aromatic carbocycles. The Morgan fingerprint density at radius 1 is 1.33 bits per heavy atom. The Balaban J connectivity index is 2.10. The zero-order valence-electron chi connectivity index (χ0n) is 8.80. The Kier molecular flexibility index (Phi) is 3.81. The molecule has 1 aliphatic rings. The van der Waals surface area contributed by atoms with Crippen LogP contribution in [-0.2, 0) is 6.42 Å². The van der Waals surface area contributed by atoms with Crippen molar-refractivity contribution in [2.24, 2.45) is 0 Å². The molecular weight excluding hydrogens is 256 g/mol. The van der Waals surface area contributed by atoms with E-state index in [1.54, 1.807) is 0 Å². The number of halogens is 1. The molecule has 2 N–H and O–H groups in total. The third-order valence-corrected chi connectivity index (χ3v) is 3.76. The van der Waals surface area contributed by atoms with E-state index in [0.717, 1.165) is 16.1 Å². The van der Waals surface area contributed by atoms with Crippen LogP contribution in [0.2, 0.25) is 0 Å². The van der Waals surface area contributed by atoms with Gasteiger partial charge >= 0.3 is 0 Å². The molecule has 0 radical (unpaired) electrons. The number of rotatable bonds is 3. The molecular formula is C11H17BrN2O. The van der Waals surface area contributed by atoms with Crippen LogP contribution in [0.25, 0.3) is 0 Å². The van der Waals surface area contributed by atoms with Gasteiger partial charge in [-0.2, -0.15) is 0 Å². The minimum Gasteiger partial charge on any atom is -0.396 e. The maximum Gasteiger partial charge on any atom is 0.127 e. The van der Waals surface area contributed by atoms with Crippen LogP contribution in [0.15, 0.2) is 4.60 Å². The molecule has 84 valence electrons. The molecule has 1 fully saturated rings. The summed E-state index contributed by atoms with van der Waals surface area (Å²) in [5, 5.41) is 8.90. The molecule has 0 spiro atoms. The van der Waals surface area contributed by atoms with Gasteiger partial charge in [0.2, 0.25) is 0 Å². The molecule has 1 aliphatic carbocycles. The Morgan fingerprint density at radius 3 is 2.73 bits per heavy atom. The van der Waals surface area contributed by atoms with Crippen molar-refractivity contribution in [1.29, 1.82) is 0 Å². The Labute approximate surface area is 98.4 Å². The second-order valence-electron chi connectivity index (χ2n) is 4.20. The molecule has 0 amide bonds. The molecule has 4 heteroatoms. The quantitative estimate of drug-likeness (QED) is 0.889. The number of nitrogens with zero attached hydrogens (tertiary/aromatic N) is 1. The van der Waals surface area contributed by atoms with Crippen molar-refractivity contribution in [1.82, 2.24) is 9.97 Å². The molecule has 1 heterocycles. The zero-order valence-corrected chi connectivity index (χ0v) is 10.4. The first-order chi connectivity index (χ1) is 7.31. The number of hydrogen-bond acceptors (Lipinski definition) is 2. The second kappa shape index (κ2) is 5.12. The fourth-order valence-corrected chi connectivity index (χ4v) is 2.74. The standard InChI is InChI=1S/C11H17BrN2O/c12-10-9(6-7-15)13-11(14-10)8-4-2-1-3-5-8/h8,15H,1-7H2,(H,13,14). The van der Waals surface area contributed by atoms with Crippen LogP contribution in [0.3, 0.4) is 0 Å². The number of H-pyrrole nitrogens is 1. The van der Waals surface area contributed by atoms with E-state index >= 15 is 0 Å². The summed E-state index contributed by atoms with van der Waals surface area (Å²) in [7, 11) is 0. The number of aromatic amines is 1. The predicted molar refractivity (Wildman–Crippen MR) is 62.9 cm³/mol. The summed E-state index contributed by atoms with van der Waals surface area (Å²) < 4.78 is 0.872. The topological polar surface area (TPSA) is 48.9 Å². The second-order valence-corrected chi connectivity index (χ2v) is 4.95. The van der Waals surface area contributed by atoms with E-state index in [1.165, 1.54) is 32.1 Å². The Bertz CT molecular complexity index is 318. The highest BCUT2D eigenvalue weighted by molar-refractivity contribution is 9.10. The fourth-order valence-electron chi connectivity index (χ4n) is 2.25. The van der Waals surface area contributed by atoms with Crippen molar-refractivity contribution < 1.29 is 5.11 Å². The normalized spacial score (nSPS) is 18.3. The third kappa shape index (κ3) is 2.61. The van der Waals surface area contributed by atoms with Crippen LogP contribution in [-0.4, -0.2) is 21.7 Å². The molecule has 2 rings (SSSR count). The zero-order chi connectivity index (χ0) is 10.7. The number of nitrogens with one attached hydrogen (secondary N) is 1. The Hall–Kier alpha value is -0.350. The molecule has 0 aliphatic heterocycles. The lowest BCUT2D eigenvalue weighted by molar-refractivity contribution is 0.298. The lowest BCUT2D eigenvalue weighted by Crippen LogP contribution is -2.06. The molecule has 0 unspecified atom stereocenters. The van der Waals surface area contributed by atoms with E-state index in [1.807, 2.05) is 0 Å². The number of aromatic nitrogens is 2.